The summed E-state index contributed by atoms with van der Waals surface area (Å²) in [4.78, 5) is 20.3. The van der Waals surface area contributed by atoms with Crippen LogP contribution in [-0.4, -0.2) is 24.7 Å². The summed E-state index contributed by atoms with van der Waals surface area (Å²) in [6, 6.07) is 9.43. The van der Waals surface area contributed by atoms with Gasteiger partial charge in [-0.3, -0.25) is 15.3 Å². The van der Waals surface area contributed by atoms with E-state index in [0.717, 1.165) is 23.0 Å². The highest BCUT2D eigenvalue weighted by atomic mass is 32.1. The van der Waals surface area contributed by atoms with E-state index in [1.54, 1.807) is 12.4 Å². The minimum Gasteiger partial charge on any atom is -0.332 e. The lowest BCUT2D eigenvalue weighted by molar-refractivity contribution is 0.251. The van der Waals surface area contributed by atoms with Crippen LogP contribution in [0.2, 0.25) is 0 Å². The number of carbonyl (C=O) groups excluding carboxylic acids is 1. The van der Waals surface area contributed by atoms with E-state index >= 15 is 0 Å². The number of nitrogens with zero attached hydrogens (tertiary/aromatic N) is 4. The first-order valence-electron chi connectivity index (χ1n) is 6.50. The van der Waals surface area contributed by atoms with E-state index in [9.17, 15) is 4.79 Å². The maximum Gasteiger partial charge on any atom is 0.320 e. The largest absolute Gasteiger partial charge is 0.332 e. The van der Waals surface area contributed by atoms with Gasteiger partial charge in [0.1, 0.15) is 0 Å². The lowest BCUT2D eigenvalue weighted by atomic mass is 10.2. The average Bonchev–Trinajstić information content (AvgIpc) is 3.07. The summed E-state index contributed by atoms with van der Waals surface area (Å²) in [6.07, 6.45) is 4.82. The van der Waals surface area contributed by atoms with Crippen molar-refractivity contribution in [1.29, 1.82) is 0 Å². The van der Waals surface area contributed by atoms with Crippen LogP contribution in [0, 0.1) is 0 Å². The van der Waals surface area contributed by atoms with Crippen LogP contribution in [0.4, 0.5) is 10.6 Å². The Morgan fingerprint density at radius 1 is 1.09 bits per heavy atom. The fourth-order valence-electron chi connectivity index (χ4n) is 1.76. The molecule has 3 aromatic rings. The monoisotopic (exact) mass is 312 g/mol. The molecule has 0 fully saturated rings. The van der Waals surface area contributed by atoms with Crippen molar-refractivity contribution in [2.24, 2.45) is 0 Å². The van der Waals surface area contributed by atoms with Crippen LogP contribution in [0.3, 0.4) is 0 Å². The average molecular weight is 312 g/mol. The van der Waals surface area contributed by atoms with Gasteiger partial charge in [-0.2, -0.15) is 8.75 Å². The van der Waals surface area contributed by atoms with Crippen molar-refractivity contribution in [2.75, 3.05) is 5.32 Å². The Kier molecular flexibility index (Phi) is 4.30. The van der Waals surface area contributed by atoms with Crippen molar-refractivity contribution in [2.45, 2.75) is 6.54 Å². The lowest BCUT2D eigenvalue weighted by Crippen LogP contribution is -2.28. The third-order valence-corrected chi connectivity index (χ3v) is 3.29. The number of anilines is 1. The molecular weight excluding hydrogens is 300 g/mol. The fraction of sp³-hybridized carbons (Fsp3) is 0.0714. The van der Waals surface area contributed by atoms with Crippen LogP contribution in [0.5, 0.6) is 0 Å². The van der Waals surface area contributed by atoms with E-state index in [2.05, 4.69) is 29.3 Å². The molecule has 0 bridgehead atoms. The Balaban J connectivity index is 1.56. The van der Waals surface area contributed by atoms with E-state index in [0.29, 0.717) is 11.5 Å². The molecule has 2 heterocycles. The second-order valence-corrected chi connectivity index (χ2v) is 4.92. The molecule has 110 valence electrons. The molecule has 0 saturated heterocycles. The first-order chi connectivity index (χ1) is 10.8. The zero-order valence-corrected chi connectivity index (χ0v) is 12.2. The SMILES string of the molecule is O=C(NCc1cnc(-c2ccccc2)cn1)Nc1cnsn1. The number of aromatic nitrogens is 4. The molecule has 3 rings (SSSR count). The number of benzene rings is 1. The molecule has 2 amide bonds. The molecule has 1 aromatic carbocycles. The molecule has 0 aliphatic rings. The normalized spacial score (nSPS) is 10.2. The summed E-state index contributed by atoms with van der Waals surface area (Å²) in [5, 5.41) is 5.25. The molecule has 0 saturated carbocycles. The van der Waals surface area contributed by atoms with Gasteiger partial charge in [0.05, 0.1) is 48.3 Å². The Bertz CT molecular complexity index is 730. The molecule has 8 heteroatoms. The number of rotatable bonds is 4. The number of hydrogen-bond acceptors (Lipinski definition) is 6. The minimum atomic E-state index is -0.360. The molecule has 2 N–H and O–H groups in total. The number of urea groups is 1. The predicted octanol–water partition coefficient (Wildman–Crippen LogP) is 2.32. The summed E-state index contributed by atoms with van der Waals surface area (Å²) < 4.78 is 7.68. The number of amides is 2. The molecule has 0 aliphatic carbocycles. The van der Waals surface area contributed by atoms with Gasteiger partial charge in [-0.25, -0.2) is 4.79 Å². The van der Waals surface area contributed by atoms with Gasteiger partial charge in [-0.1, -0.05) is 30.3 Å². The highest BCUT2D eigenvalue weighted by molar-refractivity contribution is 6.99. The van der Waals surface area contributed by atoms with Crippen molar-refractivity contribution in [3.05, 3.63) is 54.6 Å². The number of hydrogen-bond donors (Lipinski definition) is 2. The Hall–Kier alpha value is -2.87. The van der Waals surface area contributed by atoms with E-state index < -0.39 is 0 Å². The first-order valence-corrected chi connectivity index (χ1v) is 7.23. The van der Waals surface area contributed by atoms with Crippen molar-refractivity contribution in [1.82, 2.24) is 24.0 Å². The van der Waals surface area contributed by atoms with Gasteiger partial charge in [0, 0.05) is 5.56 Å². The zero-order chi connectivity index (χ0) is 15.2. The summed E-state index contributed by atoms with van der Waals surface area (Å²) in [6.45, 7) is 0.283. The molecule has 0 radical (unpaired) electrons. The molecule has 0 aliphatic heterocycles. The van der Waals surface area contributed by atoms with Gasteiger partial charge in [-0.05, 0) is 0 Å². The molecule has 7 nitrogen and oxygen atoms in total. The van der Waals surface area contributed by atoms with Gasteiger partial charge in [0.15, 0.2) is 5.82 Å². The van der Waals surface area contributed by atoms with Crippen LogP contribution < -0.4 is 10.6 Å². The minimum absolute atomic E-state index is 0.283. The summed E-state index contributed by atoms with van der Waals surface area (Å²) in [7, 11) is 0. The number of carbonyl (C=O) groups is 1. The van der Waals surface area contributed by atoms with Gasteiger partial charge in [-0.15, -0.1) is 0 Å². The van der Waals surface area contributed by atoms with E-state index in [1.165, 1.54) is 6.20 Å². The van der Waals surface area contributed by atoms with Crippen LogP contribution >= 0.6 is 11.7 Å². The van der Waals surface area contributed by atoms with Gasteiger partial charge in [0.25, 0.3) is 0 Å². The second-order valence-electron chi connectivity index (χ2n) is 4.36. The predicted molar refractivity (Wildman–Crippen MR) is 83.2 cm³/mol. The van der Waals surface area contributed by atoms with Crippen molar-refractivity contribution < 1.29 is 4.79 Å². The highest BCUT2D eigenvalue weighted by Gasteiger charge is 2.05. The van der Waals surface area contributed by atoms with Crippen LogP contribution in [0.1, 0.15) is 5.69 Å². The Morgan fingerprint density at radius 2 is 1.95 bits per heavy atom. The molecular formula is C14H12N6OS. The fourth-order valence-corrected chi connectivity index (χ4v) is 2.13. The molecule has 0 atom stereocenters. The van der Waals surface area contributed by atoms with Crippen molar-refractivity contribution in [3.8, 4) is 11.3 Å². The van der Waals surface area contributed by atoms with Crippen molar-refractivity contribution >= 4 is 23.6 Å². The van der Waals surface area contributed by atoms with Gasteiger partial charge in [0.2, 0.25) is 0 Å². The Labute approximate surface area is 130 Å². The molecule has 2 aromatic heterocycles. The smallest absolute Gasteiger partial charge is 0.320 e. The summed E-state index contributed by atoms with van der Waals surface area (Å²) >= 11 is 1.03. The van der Waals surface area contributed by atoms with Gasteiger partial charge >= 0.3 is 6.03 Å². The van der Waals surface area contributed by atoms with Crippen molar-refractivity contribution in [3.63, 3.8) is 0 Å². The maximum atomic E-state index is 11.6. The molecule has 0 unspecified atom stereocenters. The number of nitrogens with one attached hydrogen (secondary N) is 2. The third kappa shape index (κ3) is 3.61. The second kappa shape index (κ2) is 6.72. The standard InChI is InChI=1S/C14H12N6OS/c21-14(19-13-9-18-22-20-13)17-7-11-6-16-12(8-15-11)10-4-2-1-3-5-10/h1-6,8-9H,7H2,(H2,17,19,20,21). The topological polar surface area (TPSA) is 92.7 Å². The van der Waals surface area contributed by atoms with Gasteiger partial charge < -0.3 is 5.32 Å². The molecule has 0 spiro atoms. The molecule has 22 heavy (non-hydrogen) atoms. The Morgan fingerprint density at radius 3 is 2.64 bits per heavy atom. The maximum absolute atomic E-state index is 11.6. The van der Waals surface area contributed by atoms with Crippen LogP contribution in [0.15, 0.2) is 48.9 Å². The first kappa shape index (κ1) is 14.1. The van der Waals surface area contributed by atoms with E-state index in [-0.39, 0.29) is 12.6 Å². The summed E-state index contributed by atoms with van der Waals surface area (Å²) in [5.41, 5.74) is 2.47. The summed E-state index contributed by atoms with van der Waals surface area (Å²) in [5.74, 6) is 0.424. The van der Waals surface area contributed by atoms with E-state index in [4.69, 9.17) is 0 Å². The lowest BCUT2D eigenvalue weighted by Gasteiger charge is -2.05. The third-order valence-electron chi connectivity index (χ3n) is 2.81. The van der Waals surface area contributed by atoms with E-state index in [1.807, 2.05) is 30.3 Å². The quantitative estimate of drug-likeness (QED) is 0.771. The zero-order valence-electron chi connectivity index (χ0n) is 11.4. The van der Waals surface area contributed by atoms with Crippen LogP contribution in [-0.2, 0) is 6.54 Å². The van der Waals surface area contributed by atoms with Crippen LogP contribution in [0.25, 0.3) is 11.3 Å². The highest BCUT2D eigenvalue weighted by Crippen LogP contribution is 2.14.